The van der Waals surface area contributed by atoms with Gasteiger partial charge in [-0.1, -0.05) is 33.1 Å². The molecule has 2 aliphatic heterocycles. The minimum atomic E-state index is -0.117. The number of hydrogen-bond donors (Lipinski definition) is 2. The van der Waals surface area contributed by atoms with Crippen molar-refractivity contribution >= 4 is 56.6 Å². The zero-order chi connectivity index (χ0) is 33.4. The summed E-state index contributed by atoms with van der Waals surface area (Å²) in [6.45, 7) is 16.3. The van der Waals surface area contributed by atoms with Gasteiger partial charge >= 0.3 is 0 Å². The van der Waals surface area contributed by atoms with E-state index in [1.54, 1.807) is 0 Å². The quantitative estimate of drug-likeness (QED) is 0.152. The van der Waals surface area contributed by atoms with Crippen LogP contribution < -0.4 is 0 Å². The van der Waals surface area contributed by atoms with Crippen molar-refractivity contribution in [3.8, 4) is 0 Å². The summed E-state index contributed by atoms with van der Waals surface area (Å²) < 4.78 is 11.6. The zero-order valence-corrected chi connectivity index (χ0v) is 28.8. The van der Waals surface area contributed by atoms with Crippen LogP contribution in [0.15, 0.2) is 18.2 Å². The molecule has 0 radical (unpaired) electrons. The zero-order valence-electron chi connectivity index (χ0n) is 28.8. The van der Waals surface area contributed by atoms with Gasteiger partial charge < -0.3 is 19.4 Å². The molecule has 3 aromatic rings. The van der Waals surface area contributed by atoms with E-state index in [4.69, 9.17) is 19.4 Å². The van der Waals surface area contributed by atoms with Gasteiger partial charge in [-0.15, -0.1) is 0 Å². The molecule has 0 spiro atoms. The monoisotopic (exact) mass is 634 g/mol. The molecule has 8 nitrogen and oxygen atoms in total. The SMILES string of the molecule is CCCCCCOC(C)c1c(C)c2cc3nc(c4c5[nH]c(cc6nc(cc1[nH]2)C(C)=C6CC)c(C)c5C(=O)C4)C(CCOC=O)=C3C. The Morgan fingerprint density at radius 1 is 0.851 bits per heavy atom. The molecule has 2 N–H and O–H groups in total. The Morgan fingerprint density at radius 3 is 2.30 bits per heavy atom. The molecule has 246 valence electrons. The lowest BCUT2D eigenvalue weighted by atomic mass is 10.00. The van der Waals surface area contributed by atoms with E-state index in [0.717, 1.165) is 102 Å². The number of hydrogen-bond acceptors (Lipinski definition) is 6. The number of Topliss-reactive ketones (excluding diaryl/α,β-unsaturated/α-hetero) is 1. The van der Waals surface area contributed by atoms with Gasteiger partial charge in [0, 0.05) is 52.7 Å². The molecule has 0 aromatic carbocycles. The Kier molecular flexibility index (Phi) is 9.33. The largest absolute Gasteiger partial charge is 0.468 e. The molecule has 0 fully saturated rings. The lowest BCUT2D eigenvalue weighted by Gasteiger charge is -2.14. The van der Waals surface area contributed by atoms with Crippen LogP contribution in [0.1, 0.15) is 135 Å². The van der Waals surface area contributed by atoms with Crippen molar-refractivity contribution in [1.82, 2.24) is 19.9 Å². The molecule has 1 atom stereocenters. The van der Waals surface area contributed by atoms with Crippen LogP contribution in [0.2, 0.25) is 0 Å². The highest BCUT2D eigenvalue weighted by Crippen LogP contribution is 2.41. The van der Waals surface area contributed by atoms with Crippen LogP contribution in [0.5, 0.6) is 0 Å². The van der Waals surface area contributed by atoms with E-state index < -0.39 is 0 Å². The van der Waals surface area contributed by atoms with Crippen molar-refractivity contribution in [3.63, 3.8) is 0 Å². The van der Waals surface area contributed by atoms with E-state index in [1.165, 1.54) is 24.8 Å². The predicted octanol–water partition coefficient (Wildman–Crippen LogP) is 9.16. The maximum Gasteiger partial charge on any atom is 0.293 e. The number of ketones is 1. The number of fused-ring (bicyclic) bond motifs is 8. The molecule has 6 rings (SSSR count). The number of H-pyrrole nitrogens is 2. The Labute approximate surface area is 276 Å². The Hall–Kier alpha value is -4.30. The topological polar surface area (TPSA) is 110 Å². The van der Waals surface area contributed by atoms with Crippen molar-refractivity contribution < 1.29 is 19.1 Å². The minimum Gasteiger partial charge on any atom is -0.468 e. The lowest BCUT2D eigenvalue weighted by molar-refractivity contribution is -0.128. The van der Waals surface area contributed by atoms with E-state index in [1.807, 2.05) is 6.92 Å². The fourth-order valence-electron chi connectivity index (χ4n) is 7.43. The van der Waals surface area contributed by atoms with Gasteiger partial charge in [-0.25, -0.2) is 9.97 Å². The average Bonchev–Trinajstić information content (AvgIpc) is 3.80. The molecular weight excluding hydrogens is 588 g/mol. The van der Waals surface area contributed by atoms with Crippen molar-refractivity contribution in [2.45, 2.75) is 99.5 Å². The van der Waals surface area contributed by atoms with Crippen LogP contribution in [-0.4, -0.2) is 45.4 Å². The smallest absolute Gasteiger partial charge is 0.293 e. The number of aryl methyl sites for hydroxylation is 2. The number of rotatable bonds is 12. The van der Waals surface area contributed by atoms with Crippen LogP contribution in [-0.2, 0) is 20.7 Å². The summed E-state index contributed by atoms with van der Waals surface area (Å²) in [6, 6.07) is 6.35. The van der Waals surface area contributed by atoms with Crippen LogP contribution in [0.4, 0.5) is 0 Å². The van der Waals surface area contributed by atoms with Gasteiger partial charge in [0.2, 0.25) is 0 Å². The van der Waals surface area contributed by atoms with Gasteiger partial charge in [0.25, 0.3) is 6.47 Å². The Morgan fingerprint density at radius 2 is 1.55 bits per heavy atom. The first-order chi connectivity index (χ1) is 22.7. The Balaban J connectivity index is 1.66. The standard InChI is InChI=1S/C39H46N4O4/c1-8-10-11-12-14-47-25(7)36-23(5)31-17-30-22(4)27(13-15-46-20-44)38(42-30)28-16-35(45)37-24(6)32(43-39(28)37)18-33-26(9-2)21(3)29(40-33)19-34(36)41-31/h17-20,25,41,43H,8-16H2,1-7H3. The maximum atomic E-state index is 13.5. The molecule has 47 heavy (non-hydrogen) atoms. The third-order valence-corrected chi connectivity index (χ3v) is 10.1. The predicted molar refractivity (Wildman–Crippen MR) is 189 cm³/mol. The average molecular weight is 635 g/mol. The number of nitrogens with one attached hydrogen (secondary N) is 2. The molecule has 3 aromatic heterocycles. The van der Waals surface area contributed by atoms with Crippen LogP contribution in [0, 0.1) is 13.8 Å². The summed E-state index contributed by atoms with van der Waals surface area (Å²) >= 11 is 0. The number of unbranched alkanes of at least 4 members (excludes halogenated alkanes) is 3. The first-order valence-electron chi connectivity index (χ1n) is 17.1. The van der Waals surface area contributed by atoms with Crippen molar-refractivity contribution in [1.29, 1.82) is 0 Å². The third-order valence-electron chi connectivity index (χ3n) is 10.1. The van der Waals surface area contributed by atoms with Gasteiger partial charge in [0.05, 0.1) is 41.0 Å². The molecule has 1 aliphatic carbocycles. The van der Waals surface area contributed by atoms with Crippen molar-refractivity contribution in [2.75, 3.05) is 13.2 Å². The molecule has 8 heteroatoms. The van der Waals surface area contributed by atoms with Crippen molar-refractivity contribution in [3.05, 3.63) is 68.8 Å². The van der Waals surface area contributed by atoms with Gasteiger partial charge in [-0.3, -0.25) is 9.59 Å². The lowest BCUT2D eigenvalue weighted by Crippen LogP contribution is -2.02. The molecule has 8 bridgehead atoms. The number of carbonyl (C=O) groups excluding carboxylic acids is 2. The molecule has 0 saturated heterocycles. The summed E-state index contributed by atoms with van der Waals surface area (Å²) in [6.07, 6.45) is 6.12. The summed E-state index contributed by atoms with van der Waals surface area (Å²) in [5.41, 5.74) is 16.2. The molecule has 3 aliphatic rings. The van der Waals surface area contributed by atoms with Crippen LogP contribution in [0.25, 0.3) is 44.4 Å². The third kappa shape index (κ3) is 5.88. The number of ether oxygens (including phenoxy) is 2. The van der Waals surface area contributed by atoms with Gasteiger partial charge in [0.1, 0.15) is 0 Å². The van der Waals surface area contributed by atoms with Crippen molar-refractivity contribution in [2.24, 2.45) is 0 Å². The summed E-state index contributed by atoms with van der Waals surface area (Å²) in [5.74, 6) is 0.0837. The summed E-state index contributed by atoms with van der Waals surface area (Å²) in [7, 11) is 0. The fourth-order valence-corrected chi connectivity index (χ4v) is 7.43. The number of aromatic nitrogens is 4. The van der Waals surface area contributed by atoms with Gasteiger partial charge in [-0.05, 0) is 99.1 Å². The number of carbonyl (C=O) groups is 2. The van der Waals surface area contributed by atoms with Gasteiger partial charge in [-0.2, -0.15) is 0 Å². The highest BCUT2D eigenvalue weighted by Gasteiger charge is 2.31. The molecule has 1 unspecified atom stereocenters. The first-order valence-corrected chi connectivity index (χ1v) is 17.1. The summed E-state index contributed by atoms with van der Waals surface area (Å²) in [4.78, 5) is 42.2. The Bertz CT molecular complexity index is 1990. The molecular formula is C39H46N4O4. The minimum absolute atomic E-state index is 0.0837. The summed E-state index contributed by atoms with van der Waals surface area (Å²) in [5, 5.41) is 0. The highest BCUT2D eigenvalue weighted by atomic mass is 16.5. The van der Waals surface area contributed by atoms with E-state index in [2.05, 4.69) is 69.7 Å². The highest BCUT2D eigenvalue weighted by molar-refractivity contribution is 6.14. The number of nitrogens with zero attached hydrogens (tertiary/aromatic N) is 2. The van der Waals surface area contributed by atoms with Crippen LogP contribution in [0.3, 0.4) is 0 Å². The molecule has 5 heterocycles. The van der Waals surface area contributed by atoms with E-state index in [9.17, 15) is 9.59 Å². The second-order valence-corrected chi connectivity index (χ2v) is 13.0. The van der Waals surface area contributed by atoms with Gasteiger partial charge in [0.15, 0.2) is 5.78 Å². The first kappa shape index (κ1) is 32.6. The second kappa shape index (κ2) is 13.4. The van der Waals surface area contributed by atoms with E-state index in [0.29, 0.717) is 19.5 Å². The number of aromatic amines is 2. The fraction of sp³-hybridized carbons (Fsp3) is 0.436. The second-order valence-electron chi connectivity index (χ2n) is 13.0. The van der Waals surface area contributed by atoms with E-state index in [-0.39, 0.29) is 24.9 Å². The van der Waals surface area contributed by atoms with Crippen LogP contribution >= 0.6 is 0 Å². The molecule has 0 saturated carbocycles. The maximum absolute atomic E-state index is 13.5. The normalized spacial score (nSPS) is 14.8. The molecule has 0 amide bonds. The van der Waals surface area contributed by atoms with E-state index >= 15 is 0 Å². The number of allylic oxidation sites excluding steroid dienone is 3.